The number of benzene rings is 1. The molecule has 2 fully saturated rings. The van der Waals surface area contributed by atoms with Gasteiger partial charge in [0, 0.05) is 38.3 Å². The summed E-state index contributed by atoms with van der Waals surface area (Å²) in [4.78, 5) is 28.7. The Kier molecular flexibility index (Phi) is 7.23. The van der Waals surface area contributed by atoms with Crippen molar-refractivity contribution < 1.29 is 27.5 Å². The van der Waals surface area contributed by atoms with E-state index in [0.717, 1.165) is 18.6 Å². The summed E-state index contributed by atoms with van der Waals surface area (Å²) in [6, 6.07) is 4.21. The van der Waals surface area contributed by atoms with E-state index in [0.29, 0.717) is 52.2 Å². The number of likely N-dealkylation sites (tertiary alicyclic amines) is 1. The normalized spacial score (nSPS) is 22.7. The minimum Gasteiger partial charge on any atom is -0.378 e. The highest BCUT2D eigenvalue weighted by Crippen LogP contribution is 2.32. The topological polar surface area (TPSA) is 61.9 Å². The number of morpholine rings is 1. The number of urea groups is 1. The predicted molar refractivity (Wildman–Crippen MR) is 106 cm³/mol. The van der Waals surface area contributed by atoms with Crippen molar-refractivity contribution >= 4 is 17.6 Å². The first-order valence-electron chi connectivity index (χ1n) is 10.4. The molecule has 1 aromatic carbocycles. The molecule has 1 N–H and O–H groups in total. The first-order valence-corrected chi connectivity index (χ1v) is 10.4. The highest BCUT2D eigenvalue weighted by atomic mass is 19.4. The summed E-state index contributed by atoms with van der Waals surface area (Å²) in [5.74, 6) is 0.502. The van der Waals surface area contributed by atoms with Crippen LogP contribution in [-0.4, -0.2) is 61.1 Å². The number of hydrogen-bond donors (Lipinski definition) is 1. The van der Waals surface area contributed by atoms with E-state index in [-0.39, 0.29) is 23.4 Å². The monoisotopic (exact) mass is 427 g/mol. The predicted octanol–water partition coefficient (Wildman–Crippen LogP) is 3.83. The molecule has 1 aromatic rings. The molecule has 30 heavy (non-hydrogen) atoms. The van der Waals surface area contributed by atoms with Crippen LogP contribution in [0.1, 0.15) is 31.7 Å². The van der Waals surface area contributed by atoms with Crippen LogP contribution in [0.15, 0.2) is 24.3 Å². The van der Waals surface area contributed by atoms with Gasteiger partial charge in [0.2, 0.25) is 5.91 Å². The van der Waals surface area contributed by atoms with E-state index in [1.807, 2.05) is 11.8 Å². The molecular weight excluding hydrogens is 399 g/mol. The molecule has 0 radical (unpaired) electrons. The van der Waals surface area contributed by atoms with Crippen molar-refractivity contribution in [2.75, 3.05) is 44.7 Å². The standard InChI is InChI=1S/C21H28F3N3O3/c1-2-15-14-27(7-6-16(15)12-19(28)26-8-10-30-11-9-26)20(29)25-18-5-3-4-17(13-18)21(22,23)24/h3-5,13,15-16H,2,6-12,14H2,1H3,(H,25,29). The molecule has 0 bridgehead atoms. The van der Waals surface area contributed by atoms with Gasteiger partial charge < -0.3 is 19.9 Å². The summed E-state index contributed by atoms with van der Waals surface area (Å²) in [6.45, 7) is 5.37. The molecule has 0 aromatic heterocycles. The first-order chi connectivity index (χ1) is 14.3. The summed E-state index contributed by atoms with van der Waals surface area (Å²) in [5, 5.41) is 2.57. The van der Waals surface area contributed by atoms with Crippen LogP contribution in [0.3, 0.4) is 0 Å². The number of carbonyl (C=O) groups excluding carboxylic acids is 2. The lowest BCUT2D eigenvalue weighted by Crippen LogP contribution is -2.47. The van der Waals surface area contributed by atoms with Gasteiger partial charge in [0.1, 0.15) is 0 Å². The Hall–Kier alpha value is -2.29. The van der Waals surface area contributed by atoms with Crippen LogP contribution in [0.25, 0.3) is 0 Å². The molecular formula is C21H28F3N3O3. The Balaban J connectivity index is 1.56. The molecule has 2 atom stereocenters. The van der Waals surface area contributed by atoms with Gasteiger partial charge in [-0.1, -0.05) is 19.4 Å². The zero-order valence-electron chi connectivity index (χ0n) is 17.1. The van der Waals surface area contributed by atoms with Gasteiger partial charge >= 0.3 is 12.2 Å². The summed E-state index contributed by atoms with van der Waals surface area (Å²) in [5.41, 5.74) is -0.681. The molecule has 3 rings (SSSR count). The molecule has 2 saturated heterocycles. The minimum absolute atomic E-state index is 0.118. The quantitative estimate of drug-likeness (QED) is 0.794. The molecule has 2 unspecified atom stereocenters. The van der Waals surface area contributed by atoms with Gasteiger partial charge in [0.15, 0.2) is 0 Å². The maximum atomic E-state index is 12.9. The van der Waals surface area contributed by atoms with E-state index in [4.69, 9.17) is 4.74 Å². The fourth-order valence-corrected chi connectivity index (χ4v) is 4.14. The zero-order chi connectivity index (χ0) is 21.7. The summed E-state index contributed by atoms with van der Waals surface area (Å²) in [7, 11) is 0. The Bertz CT molecular complexity index is 751. The molecule has 2 heterocycles. The number of alkyl halides is 3. The van der Waals surface area contributed by atoms with Crippen molar-refractivity contribution in [1.29, 1.82) is 0 Å². The van der Waals surface area contributed by atoms with Gasteiger partial charge in [-0.15, -0.1) is 0 Å². The summed E-state index contributed by atoms with van der Waals surface area (Å²) < 4.78 is 43.9. The molecule has 0 aliphatic carbocycles. The number of rotatable bonds is 4. The van der Waals surface area contributed by atoms with Crippen LogP contribution in [0.2, 0.25) is 0 Å². The number of ether oxygens (including phenoxy) is 1. The Morgan fingerprint density at radius 1 is 1.13 bits per heavy atom. The zero-order valence-corrected chi connectivity index (χ0v) is 17.1. The number of piperidine rings is 1. The molecule has 0 saturated carbocycles. The van der Waals surface area contributed by atoms with Gasteiger partial charge in [-0.05, 0) is 36.5 Å². The fraction of sp³-hybridized carbons (Fsp3) is 0.619. The van der Waals surface area contributed by atoms with E-state index < -0.39 is 17.8 Å². The maximum Gasteiger partial charge on any atom is 0.416 e. The lowest BCUT2D eigenvalue weighted by Gasteiger charge is -2.39. The number of nitrogens with one attached hydrogen (secondary N) is 1. The third kappa shape index (κ3) is 5.65. The number of anilines is 1. The molecule has 2 aliphatic heterocycles. The van der Waals surface area contributed by atoms with Gasteiger partial charge in [-0.25, -0.2) is 4.79 Å². The lowest BCUT2D eigenvalue weighted by atomic mass is 9.81. The van der Waals surface area contributed by atoms with Crippen LogP contribution < -0.4 is 5.32 Å². The summed E-state index contributed by atoms with van der Waals surface area (Å²) >= 11 is 0. The average Bonchev–Trinajstić information content (AvgIpc) is 2.74. The molecule has 2 aliphatic rings. The number of halogens is 3. The Labute approximate surface area is 174 Å². The SMILES string of the molecule is CCC1CN(C(=O)Nc2cccc(C(F)(F)F)c2)CCC1CC(=O)N1CCOCC1. The van der Waals surface area contributed by atoms with Gasteiger partial charge in [0.05, 0.1) is 18.8 Å². The fourth-order valence-electron chi connectivity index (χ4n) is 4.14. The van der Waals surface area contributed by atoms with Crippen molar-refractivity contribution in [3.63, 3.8) is 0 Å². The third-order valence-corrected chi connectivity index (χ3v) is 5.94. The summed E-state index contributed by atoms with van der Waals surface area (Å²) in [6.07, 6.45) is -2.47. The van der Waals surface area contributed by atoms with E-state index in [2.05, 4.69) is 5.32 Å². The smallest absolute Gasteiger partial charge is 0.378 e. The van der Waals surface area contributed by atoms with Crippen LogP contribution in [0, 0.1) is 11.8 Å². The van der Waals surface area contributed by atoms with E-state index >= 15 is 0 Å². The molecule has 6 nitrogen and oxygen atoms in total. The van der Waals surface area contributed by atoms with Crippen molar-refractivity contribution in [2.24, 2.45) is 11.8 Å². The van der Waals surface area contributed by atoms with Crippen molar-refractivity contribution in [2.45, 2.75) is 32.4 Å². The molecule has 0 spiro atoms. The Morgan fingerprint density at radius 3 is 2.53 bits per heavy atom. The van der Waals surface area contributed by atoms with Crippen molar-refractivity contribution in [3.8, 4) is 0 Å². The number of amides is 3. The Morgan fingerprint density at radius 2 is 1.87 bits per heavy atom. The second-order valence-electron chi connectivity index (χ2n) is 7.87. The van der Waals surface area contributed by atoms with Crippen LogP contribution in [0.5, 0.6) is 0 Å². The second kappa shape index (κ2) is 9.68. The van der Waals surface area contributed by atoms with Gasteiger partial charge in [-0.3, -0.25) is 4.79 Å². The lowest BCUT2D eigenvalue weighted by molar-refractivity contribution is -0.138. The van der Waals surface area contributed by atoms with E-state index in [1.54, 1.807) is 4.90 Å². The van der Waals surface area contributed by atoms with Crippen LogP contribution in [0.4, 0.5) is 23.7 Å². The van der Waals surface area contributed by atoms with Gasteiger partial charge in [-0.2, -0.15) is 13.2 Å². The maximum absolute atomic E-state index is 12.9. The number of hydrogen-bond acceptors (Lipinski definition) is 3. The van der Waals surface area contributed by atoms with Crippen molar-refractivity contribution in [1.82, 2.24) is 9.80 Å². The molecule has 3 amide bonds. The molecule has 166 valence electrons. The molecule has 9 heteroatoms. The van der Waals surface area contributed by atoms with E-state index in [1.165, 1.54) is 12.1 Å². The third-order valence-electron chi connectivity index (χ3n) is 5.94. The largest absolute Gasteiger partial charge is 0.416 e. The van der Waals surface area contributed by atoms with E-state index in [9.17, 15) is 22.8 Å². The highest BCUT2D eigenvalue weighted by molar-refractivity contribution is 5.89. The number of nitrogens with zero attached hydrogens (tertiary/aromatic N) is 2. The average molecular weight is 427 g/mol. The number of carbonyl (C=O) groups is 2. The minimum atomic E-state index is -4.46. The van der Waals surface area contributed by atoms with Gasteiger partial charge in [0.25, 0.3) is 0 Å². The van der Waals surface area contributed by atoms with Crippen LogP contribution >= 0.6 is 0 Å². The van der Waals surface area contributed by atoms with Crippen molar-refractivity contribution in [3.05, 3.63) is 29.8 Å². The highest BCUT2D eigenvalue weighted by Gasteiger charge is 2.34. The second-order valence-corrected chi connectivity index (χ2v) is 7.87. The van der Waals surface area contributed by atoms with Crippen LogP contribution in [-0.2, 0) is 15.7 Å². The first kappa shape index (κ1) is 22.4.